The van der Waals surface area contributed by atoms with Gasteiger partial charge in [0.1, 0.15) is 0 Å². The summed E-state index contributed by atoms with van der Waals surface area (Å²) in [4.78, 5) is 24.6. The molecule has 1 heterocycles. The minimum absolute atomic E-state index is 0.00632. The second-order valence-electron chi connectivity index (χ2n) is 4.41. The third-order valence-electron chi connectivity index (χ3n) is 2.99. The van der Waals surface area contributed by atoms with Crippen LogP contribution in [-0.2, 0) is 9.59 Å². The number of likely N-dealkylation sites (tertiary alicyclic amines) is 1. The molecule has 0 aromatic heterocycles. The van der Waals surface area contributed by atoms with E-state index in [2.05, 4.69) is 11.9 Å². The van der Waals surface area contributed by atoms with Gasteiger partial charge in [0, 0.05) is 19.6 Å². The Morgan fingerprint density at radius 2 is 2.31 bits per heavy atom. The molecule has 1 unspecified atom stereocenters. The van der Waals surface area contributed by atoms with Gasteiger partial charge in [0.05, 0.1) is 12.0 Å². The van der Waals surface area contributed by atoms with E-state index in [1.165, 1.54) is 0 Å². The minimum atomic E-state index is -0.561. The molecule has 90 valence electrons. The van der Waals surface area contributed by atoms with Gasteiger partial charge in [-0.2, -0.15) is 0 Å². The van der Waals surface area contributed by atoms with Gasteiger partial charge in [0.2, 0.25) is 11.8 Å². The van der Waals surface area contributed by atoms with E-state index in [0.717, 1.165) is 0 Å². The molecule has 16 heavy (non-hydrogen) atoms. The van der Waals surface area contributed by atoms with Crippen molar-refractivity contribution in [1.82, 2.24) is 10.2 Å². The molecule has 1 rings (SSSR count). The maximum atomic E-state index is 11.7. The van der Waals surface area contributed by atoms with E-state index < -0.39 is 5.41 Å². The molecular formula is C11H19N3O2. The number of nitrogens with zero attached hydrogens (tertiary/aromatic N) is 1. The lowest BCUT2D eigenvalue weighted by Crippen LogP contribution is -2.41. The highest BCUT2D eigenvalue weighted by atomic mass is 16.2. The number of primary amides is 1. The zero-order valence-corrected chi connectivity index (χ0v) is 9.66. The van der Waals surface area contributed by atoms with Crippen molar-refractivity contribution in [3.05, 3.63) is 12.7 Å². The first-order valence-electron chi connectivity index (χ1n) is 5.39. The van der Waals surface area contributed by atoms with E-state index in [9.17, 15) is 9.59 Å². The summed E-state index contributed by atoms with van der Waals surface area (Å²) in [7, 11) is 0. The highest BCUT2D eigenvalue weighted by Crippen LogP contribution is 2.29. The lowest BCUT2D eigenvalue weighted by molar-refractivity contribution is -0.130. The fourth-order valence-electron chi connectivity index (χ4n) is 1.77. The number of rotatable bonds is 5. The third-order valence-corrected chi connectivity index (χ3v) is 2.99. The molecule has 0 spiro atoms. The fraction of sp³-hybridized carbons (Fsp3) is 0.636. The first kappa shape index (κ1) is 12.7. The molecule has 3 N–H and O–H groups in total. The maximum Gasteiger partial charge on any atom is 0.236 e. The number of carbonyl (C=O) groups excluding carboxylic acids is 2. The number of carbonyl (C=O) groups is 2. The number of nitrogens with two attached hydrogens (primary N) is 1. The predicted molar refractivity (Wildman–Crippen MR) is 61.6 cm³/mol. The van der Waals surface area contributed by atoms with Crippen LogP contribution in [0.4, 0.5) is 0 Å². The van der Waals surface area contributed by atoms with E-state index in [4.69, 9.17) is 5.73 Å². The zero-order chi connectivity index (χ0) is 12.2. The molecule has 1 saturated heterocycles. The summed E-state index contributed by atoms with van der Waals surface area (Å²) in [5, 5.41) is 2.94. The number of hydrogen-bond acceptors (Lipinski definition) is 3. The molecule has 1 fully saturated rings. The van der Waals surface area contributed by atoms with Gasteiger partial charge in [-0.15, -0.1) is 6.58 Å². The van der Waals surface area contributed by atoms with Crippen LogP contribution < -0.4 is 11.1 Å². The molecule has 2 amide bonds. The molecule has 1 aliphatic rings. The summed E-state index contributed by atoms with van der Waals surface area (Å²) in [5.74, 6) is -0.325. The predicted octanol–water partition coefficient (Wildman–Crippen LogP) is -0.514. The van der Waals surface area contributed by atoms with Gasteiger partial charge in [0.25, 0.3) is 0 Å². The minimum Gasteiger partial charge on any atom is -0.369 e. The molecule has 0 aromatic carbocycles. The van der Waals surface area contributed by atoms with Crippen LogP contribution in [0.5, 0.6) is 0 Å². The Hall–Kier alpha value is -1.36. The van der Waals surface area contributed by atoms with E-state index >= 15 is 0 Å². The standard InChI is InChI=1S/C11H19N3O2/c1-3-5-13-7-9(15)14-6-4-11(2,8-14)10(12)16/h3,13H,1,4-8H2,2H3,(H2,12,16). The van der Waals surface area contributed by atoms with Crippen LogP contribution in [-0.4, -0.2) is 42.9 Å². The van der Waals surface area contributed by atoms with Gasteiger partial charge >= 0.3 is 0 Å². The lowest BCUT2D eigenvalue weighted by atomic mass is 9.89. The van der Waals surface area contributed by atoms with Crippen molar-refractivity contribution in [2.24, 2.45) is 11.1 Å². The van der Waals surface area contributed by atoms with Gasteiger partial charge in [-0.25, -0.2) is 0 Å². The van der Waals surface area contributed by atoms with Crippen LogP contribution in [0.25, 0.3) is 0 Å². The van der Waals surface area contributed by atoms with Crippen LogP contribution in [0.3, 0.4) is 0 Å². The van der Waals surface area contributed by atoms with Gasteiger partial charge in [-0.05, 0) is 13.3 Å². The number of nitrogens with one attached hydrogen (secondary N) is 1. The summed E-state index contributed by atoms with van der Waals surface area (Å²) < 4.78 is 0. The smallest absolute Gasteiger partial charge is 0.236 e. The first-order valence-corrected chi connectivity index (χ1v) is 5.39. The Morgan fingerprint density at radius 3 is 2.81 bits per heavy atom. The van der Waals surface area contributed by atoms with E-state index in [-0.39, 0.29) is 18.4 Å². The Balaban J connectivity index is 2.43. The van der Waals surface area contributed by atoms with Crippen LogP contribution in [0.1, 0.15) is 13.3 Å². The van der Waals surface area contributed by atoms with Crippen molar-refractivity contribution < 1.29 is 9.59 Å². The third kappa shape index (κ3) is 2.82. The van der Waals surface area contributed by atoms with E-state index in [1.807, 2.05) is 0 Å². The first-order chi connectivity index (χ1) is 7.49. The van der Waals surface area contributed by atoms with E-state index in [0.29, 0.717) is 26.1 Å². The SMILES string of the molecule is C=CCNCC(=O)N1CCC(C)(C(N)=O)C1. The molecular weight excluding hydrogens is 206 g/mol. The average molecular weight is 225 g/mol. The summed E-state index contributed by atoms with van der Waals surface area (Å²) in [6.45, 7) is 7.27. The highest BCUT2D eigenvalue weighted by molar-refractivity contribution is 5.84. The normalized spacial score (nSPS) is 24.4. The Morgan fingerprint density at radius 1 is 1.62 bits per heavy atom. The summed E-state index contributed by atoms with van der Waals surface area (Å²) >= 11 is 0. The van der Waals surface area contributed by atoms with Crippen molar-refractivity contribution in [2.45, 2.75) is 13.3 Å². The second-order valence-corrected chi connectivity index (χ2v) is 4.41. The molecule has 5 nitrogen and oxygen atoms in total. The number of hydrogen-bond donors (Lipinski definition) is 2. The van der Waals surface area contributed by atoms with Gasteiger partial charge < -0.3 is 16.0 Å². The molecule has 0 radical (unpaired) electrons. The molecule has 1 atom stereocenters. The van der Waals surface area contributed by atoms with Crippen LogP contribution in [0, 0.1) is 5.41 Å². The fourth-order valence-corrected chi connectivity index (χ4v) is 1.77. The largest absolute Gasteiger partial charge is 0.369 e. The van der Waals surface area contributed by atoms with Gasteiger partial charge in [-0.1, -0.05) is 6.08 Å². The van der Waals surface area contributed by atoms with Gasteiger partial charge in [0.15, 0.2) is 0 Å². The molecule has 0 aliphatic carbocycles. The Bertz CT molecular complexity index is 304. The Kier molecular flexibility index (Phi) is 4.06. The highest BCUT2D eigenvalue weighted by Gasteiger charge is 2.40. The maximum absolute atomic E-state index is 11.7. The van der Waals surface area contributed by atoms with Crippen molar-refractivity contribution in [2.75, 3.05) is 26.2 Å². The molecule has 5 heteroatoms. The van der Waals surface area contributed by atoms with Crippen molar-refractivity contribution in [3.63, 3.8) is 0 Å². The van der Waals surface area contributed by atoms with Crippen LogP contribution in [0.2, 0.25) is 0 Å². The van der Waals surface area contributed by atoms with Crippen LogP contribution in [0.15, 0.2) is 12.7 Å². The summed E-state index contributed by atoms with van der Waals surface area (Å²) in [5.41, 5.74) is 4.75. The van der Waals surface area contributed by atoms with E-state index in [1.54, 1.807) is 17.9 Å². The van der Waals surface area contributed by atoms with Crippen molar-refractivity contribution >= 4 is 11.8 Å². The molecule has 0 aromatic rings. The van der Waals surface area contributed by atoms with Gasteiger partial charge in [-0.3, -0.25) is 9.59 Å². The second kappa shape index (κ2) is 5.12. The molecule has 0 bridgehead atoms. The van der Waals surface area contributed by atoms with Crippen molar-refractivity contribution in [1.29, 1.82) is 0 Å². The summed E-state index contributed by atoms with van der Waals surface area (Å²) in [6.07, 6.45) is 2.35. The van der Waals surface area contributed by atoms with Crippen molar-refractivity contribution in [3.8, 4) is 0 Å². The summed E-state index contributed by atoms with van der Waals surface area (Å²) in [6, 6.07) is 0. The Labute approximate surface area is 95.7 Å². The molecule has 1 aliphatic heterocycles. The lowest BCUT2D eigenvalue weighted by Gasteiger charge is -2.21. The van der Waals surface area contributed by atoms with Crippen LogP contribution >= 0.6 is 0 Å². The quantitative estimate of drug-likeness (QED) is 0.488. The number of amides is 2. The zero-order valence-electron chi connectivity index (χ0n) is 9.66. The molecule has 0 saturated carbocycles. The monoisotopic (exact) mass is 225 g/mol. The topological polar surface area (TPSA) is 75.4 Å². The average Bonchev–Trinajstić information content (AvgIpc) is 2.63.